The molecule has 0 aliphatic carbocycles. The summed E-state index contributed by atoms with van der Waals surface area (Å²) in [4.78, 5) is 3.76. The van der Waals surface area contributed by atoms with Crippen LogP contribution in [0.3, 0.4) is 0 Å². The highest BCUT2D eigenvalue weighted by molar-refractivity contribution is 5.79. The Hall–Kier alpha value is -1.63. The van der Waals surface area contributed by atoms with Crippen LogP contribution in [0, 0.1) is 0 Å². The Bertz CT molecular complexity index is 378. The second kappa shape index (κ2) is 6.34. The highest BCUT2D eigenvalue weighted by atomic mass is 19.3. The van der Waals surface area contributed by atoms with E-state index in [1.807, 2.05) is 0 Å². The van der Waals surface area contributed by atoms with Gasteiger partial charge in [0, 0.05) is 7.05 Å². The second-order valence-corrected chi connectivity index (χ2v) is 3.95. The maximum atomic E-state index is 12.0. The molecular formula is C11H17F2N3O2. The third-order valence-electron chi connectivity index (χ3n) is 2.30. The zero-order valence-electron chi connectivity index (χ0n) is 10.3. The van der Waals surface area contributed by atoms with Crippen LogP contribution in [-0.4, -0.2) is 37.6 Å². The molecule has 1 rings (SSSR count). The number of aliphatic imine (C=N–C) groups is 1. The van der Waals surface area contributed by atoms with Gasteiger partial charge >= 0.3 is 0 Å². The molecule has 102 valence electrons. The van der Waals surface area contributed by atoms with Gasteiger partial charge in [-0.2, -0.15) is 0 Å². The molecule has 0 bridgehead atoms. The van der Waals surface area contributed by atoms with Gasteiger partial charge in [-0.3, -0.25) is 4.99 Å². The number of rotatable bonds is 5. The van der Waals surface area contributed by atoms with Crippen molar-refractivity contribution in [2.45, 2.75) is 19.0 Å². The molecule has 0 saturated carbocycles. The van der Waals surface area contributed by atoms with Gasteiger partial charge in [-0.05, 0) is 19.1 Å². The standard InChI is InChI=1S/C11H17F2N3O2/c1-11(17,8-4-3-5-18-8)7-16-10(14-2)15-6-9(12)13/h3-5,9,17H,6-7H2,1-2H3,(H2,14,15,16). The van der Waals surface area contributed by atoms with E-state index in [0.717, 1.165) is 0 Å². The Kier molecular flexibility index (Phi) is 5.08. The summed E-state index contributed by atoms with van der Waals surface area (Å²) in [5, 5.41) is 15.3. The van der Waals surface area contributed by atoms with Gasteiger partial charge in [0.1, 0.15) is 11.4 Å². The van der Waals surface area contributed by atoms with E-state index in [9.17, 15) is 13.9 Å². The summed E-state index contributed by atoms with van der Waals surface area (Å²) in [5.41, 5.74) is -1.24. The topological polar surface area (TPSA) is 69.8 Å². The van der Waals surface area contributed by atoms with Crippen LogP contribution in [0.25, 0.3) is 0 Å². The van der Waals surface area contributed by atoms with Crippen LogP contribution in [0.2, 0.25) is 0 Å². The Labute approximate surface area is 104 Å². The maximum absolute atomic E-state index is 12.0. The molecule has 0 spiro atoms. The van der Waals surface area contributed by atoms with Gasteiger partial charge in [-0.15, -0.1) is 0 Å². The van der Waals surface area contributed by atoms with Crippen molar-refractivity contribution in [3.63, 3.8) is 0 Å². The maximum Gasteiger partial charge on any atom is 0.255 e. The highest BCUT2D eigenvalue weighted by Gasteiger charge is 2.26. The second-order valence-electron chi connectivity index (χ2n) is 3.95. The van der Waals surface area contributed by atoms with Gasteiger partial charge in [0.15, 0.2) is 5.96 Å². The minimum Gasteiger partial charge on any atom is -0.466 e. The molecule has 5 nitrogen and oxygen atoms in total. The van der Waals surface area contributed by atoms with Gasteiger partial charge in [0.25, 0.3) is 6.43 Å². The molecule has 1 heterocycles. The summed E-state index contributed by atoms with van der Waals surface area (Å²) in [6.45, 7) is 1.14. The molecule has 0 aliphatic heterocycles. The van der Waals surface area contributed by atoms with Crippen LogP contribution >= 0.6 is 0 Å². The first-order chi connectivity index (χ1) is 8.45. The summed E-state index contributed by atoms with van der Waals surface area (Å²) in [6, 6.07) is 3.30. The lowest BCUT2D eigenvalue weighted by molar-refractivity contribution is 0.0385. The molecular weight excluding hydrogens is 244 g/mol. The van der Waals surface area contributed by atoms with E-state index in [2.05, 4.69) is 15.6 Å². The monoisotopic (exact) mass is 261 g/mol. The van der Waals surface area contributed by atoms with Crippen LogP contribution in [0.5, 0.6) is 0 Å². The zero-order valence-corrected chi connectivity index (χ0v) is 10.3. The van der Waals surface area contributed by atoms with E-state index >= 15 is 0 Å². The van der Waals surface area contributed by atoms with E-state index < -0.39 is 18.6 Å². The van der Waals surface area contributed by atoms with Crippen molar-refractivity contribution in [1.29, 1.82) is 0 Å². The van der Waals surface area contributed by atoms with Gasteiger partial charge in [0.2, 0.25) is 0 Å². The summed E-state index contributed by atoms with van der Waals surface area (Å²) < 4.78 is 29.1. The molecule has 1 atom stereocenters. The van der Waals surface area contributed by atoms with Crippen molar-refractivity contribution in [3.05, 3.63) is 24.2 Å². The fourth-order valence-electron chi connectivity index (χ4n) is 1.32. The number of hydrogen-bond donors (Lipinski definition) is 3. The molecule has 1 unspecified atom stereocenters. The first kappa shape index (κ1) is 14.4. The summed E-state index contributed by atoms with van der Waals surface area (Å²) >= 11 is 0. The summed E-state index contributed by atoms with van der Waals surface area (Å²) in [6.07, 6.45) is -1.01. The number of halogens is 2. The summed E-state index contributed by atoms with van der Waals surface area (Å²) in [7, 11) is 1.46. The quantitative estimate of drug-likeness (QED) is 0.544. The lowest BCUT2D eigenvalue weighted by Crippen LogP contribution is -2.45. The number of aliphatic hydroxyl groups is 1. The molecule has 3 N–H and O–H groups in total. The third kappa shape index (κ3) is 4.33. The van der Waals surface area contributed by atoms with E-state index in [1.165, 1.54) is 13.3 Å². The Balaban J connectivity index is 2.48. The van der Waals surface area contributed by atoms with Crippen LogP contribution in [-0.2, 0) is 5.60 Å². The molecule has 0 aliphatic rings. The lowest BCUT2D eigenvalue weighted by Gasteiger charge is -2.22. The smallest absolute Gasteiger partial charge is 0.255 e. The molecule has 0 aromatic carbocycles. The van der Waals surface area contributed by atoms with Crippen molar-refractivity contribution >= 4 is 5.96 Å². The first-order valence-electron chi connectivity index (χ1n) is 5.44. The molecule has 0 amide bonds. The van der Waals surface area contributed by atoms with E-state index in [1.54, 1.807) is 19.1 Å². The number of alkyl halides is 2. The Morgan fingerprint density at radius 2 is 2.28 bits per heavy atom. The molecule has 7 heteroatoms. The fraction of sp³-hybridized carbons (Fsp3) is 0.545. The van der Waals surface area contributed by atoms with E-state index in [0.29, 0.717) is 5.76 Å². The normalized spacial score (nSPS) is 15.6. The van der Waals surface area contributed by atoms with Crippen molar-refractivity contribution in [2.75, 3.05) is 20.1 Å². The van der Waals surface area contributed by atoms with Crippen LogP contribution in [0.15, 0.2) is 27.8 Å². The SMILES string of the molecule is CN=C(NCC(F)F)NCC(C)(O)c1ccco1. The third-order valence-corrected chi connectivity index (χ3v) is 2.30. The molecule has 0 saturated heterocycles. The Morgan fingerprint density at radius 1 is 1.56 bits per heavy atom. The average molecular weight is 261 g/mol. The minimum absolute atomic E-state index is 0.0867. The predicted octanol–water partition coefficient (Wildman–Crippen LogP) is 0.917. The van der Waals surface area contributed by atoms with Gasteiger partial charge in [-0.1, -0.05) is 0 Å². The minimum atomic E-state index is -2.46. The highest BCUT2D eigenvalue weighted by Crippen LogP contribution is 2.19. The van der Waals surface area contributed by atoms with Crippen molar-refractivity contribution in [1.82, 2.24) is 10.6 Å². The average Bonchev–Trinajstić information content (AvgIpc) is 2.83. The number of furan rings is 1. The van der Waals surface area contributed by atoms with E-state index in [4.69, 9.17) is 4.42 Å². The van der Waals surface area contributed by atoms with Crippen molar-refractivity contribution in [3.8, 4) is 0 Å². The first-order valence-corrected chi connectivity index (χ1v) is 5.44. The zero-order chi connectivity index (χ0) is 13.6. The van der Waals surface area contributed by atoms with Crippen molar-refractivity contribution in [2.24, 2.45) is 4.99 Å². The Morgan fingerprint density at radius 3 is 2.78 bits per heavy atom. The van der Waals surface area contributed by atoms with Crippen LogP contribution < -0.4 is 10.6 Å². The number of nitrogens with zero attached hydrogens (tertiary/aromatic N) is 1. The summed E-state index contributed by atoms with van der Waals surface area (Å²) in [5.74, 6) is 0.585. The van der Waals surface area contributed by atoms with Gasteiger partial charge in [0.05, 0.1) is 19.4 Å². The lowest BCUT2D eigenvalue weighted by atomic mass is 10.0. The molecule has 1 aromatic heterocycles. The van der Waals surface area contributed by atoms with Crippen LogP contribution in [0.1, 0.15) is 12.7 Å². The largest absolute Gasteiger partial charge is 0.466 e. The number of guanidine groups is 1. The molecule has 0 radical (unpaired) electrons. The van der Waals surface area contributed by atoms with Crippen molar-refractivity contribution < 1.29 is 18.3 Å². The molecule has 18 heavy (non-hydrogen) atoms. The number of hydrogen-bond acceptors (Lipinski definition) is 3. The predicted molar refractivity (Wildman–Crippen MR) is 63.6 cm³/mol. The molecule has 0 fully saturated rings. The fourth-order valence-corrected chi connectivity index (χ4v) is 1.32. The number of nitrogens with one attached hydrogen (secondary N) is 2. The van der Waals surface area contributed by atoms with Gasteiger partial charge in [-0.25, -0.2) is 8.78 Å². The molecule has 1 aromatic rings. The van der Waals surface area contributed by atoms with Crippen LogP contribution in [0.4, 0.5) is 8.78 Å². The van der Waals surface area contributed by atoms with E-state index in [-0.39, 0.29) is 12.5 Å². The van der Waals surface area contributed by atoms with Gasteiger partial charge < -0.3 is 20.2 Å².